The molecule has 0 aliphatic carbocycles. The first-order valence-electron chi connectivity index (χ1n) is 26.9. The van der Waals surface area contributed by atoms with Gasteiger partial charge in [-0.15, -0.1) is 29.0 Å². The Hall–Kier alpha value is -6.94. The van der Waals surface area contributed by atoms with Crippen LogP contribution in [-0.2, 0) is 36.6 Å². The van der Waals surface area contributed by atoms with Gasteiger partial charge in [0.25, 0.3) is 0 Å². The average Bonchev–Trinajstić information content (AvgIpc) is 4.26. The number of benzene rings is 2. The summed E-state index contributed by atoms with van der Waals surface area (Å²) in [4.78, 5) is 55.4. The van der Waals surface area contributed by atoms with Gasteiger partial charge in [-0.05, 0) is 53.5 Å². The molecule has 23 nitrogen and oxygen atoms in total. The lowest BCUT2D eigenvalue weighted by molar-refractivity contribution is -0.137. The van der Waals surface area contributed by atoms with Crippen molar-refractivity contribution in [1.82, 2.24) is 59.7 Å². The number of ether oxygens (including phenoxy) is 3. The van der Waals surface area contributed by atoms with Crippen LogP contribution >= 0.6 is 12.4 Å². The summed E-state index contributed by atoms with van der Waals surface area (Å²) < 4.78 is 20.0. The maximum Gasteiger partial charge on any atom is 0.248 e. The highest BCUT2D eigenvalue weighted by Crippen LogP contribution is 2.29. The van der Waals surface area contributed by atoms with Crippen molar-refractivity contribution in [2.45, 2.75) is 77.5 Å². The number of phenolic OH excluding ortho intramolecular Hbond substituents is 1. The Labute approximate surface area is 462 Å². The zero-order valence-corrected chi connectivity index (χ0v) is 46.0. The Morgan fingerprint density at radius 2 is 1.33 bits per heavy atom. The summed E-state index contributed by atoms with van der Waals surface area (Å²) in [5.41, 5.74) is 17.3. The molecule has 6 heterocycles. The molecule has 2 amide bonds. The van der Waals surface area contributed by atoms with Gasteiger partial charge in [0.1, 0.15) is 24.4 Å². The van der Waals surface area contributed by atoms with Crippen LogP contribution in [0.5, 0.6) is 5.75 Å². The van der Waals surface area contributed by atoms with Crippen molar-refractivity contribution in [2.24, 2.45) is 23.3 Å². The predicted molar refractivity (Wildman–Crippen MR) is 299 cm³/mol. The third kappa shape index (κ3) is 15.2. The Kier molecular flexibility index (Phi) is 21.5. The number of hydrogen-bond donors (Lipinski definition) is 5. The highest BCUT2D eigenvalue weighted by atomic mass is 35.5. The van der Waals surface area contributed by atoms with E-state index in [2.05, 4.69) is 73.5 Å². The summed E-state index contributed by atoms with van der Waals surface area (Å²) in [5.74, 6) is 3.99. The number of amides is 2. The van der Waals surface area contributed by atoms with Crippen molar-refractivity contribution in [2.75, 3.05) is 114 Å². The van der Waals surface area contributed by atoms with Crippen LogP contribution in [0.3, 0.4) is 0 Å². The molecule has 4 aromatic heterocycles. The van der Waals surface area contributed by atoms with E-state index < -0.39 is 18.1 Å². The summed E-state index contributed by atoms with van der Waals surface area (Å²) in [6, 6.07) is 15.1. The zero-order chi connectivity index (χ0) is 54.3. The minimum absolute atomic E-state index is 0. The zero-order valence-electron chi connectivity index (χ0n) is 45.2. The topological polar surface area (TPSA) is 275 Å². The number of aromatic amines is 1. The second kappa shape index (κ2) is 28.6. The number of fused-ring (bicyclic) bond motifs is 1. The number of nitrogens with zero attached hydrogens (tertiary/aromatic N) is 13. The maximum atomic E-state index is 14.7. The van der Waals surface area contributed by atoms with Crippen molar-refractivity contribution in [3.63, 3.8) is 0 Å². The fourth-order valence-electron chi connectivity index (χ4n) is 9.49. The van der Waals surface area contributed by atoms with E-state index in [4.69, 9.17) is 47.1 Å². The van der Waals surface area contributed by atoms with Crippen LogP contribution in [0.4, 0.5) is 17.8 Å². The quantitative estimate of drug-likeness (QED) is 0.0359. The summed E-state index contributed by atoms with van der Waals surface area (Å²) in [6.45, 7) is 14.6. The molecule has 2 saturated heterocycles. The number of hydrogen-bond acceptors (Lipinski definition) is 18. The van der Waals surface area contributed by atoms with E-state index in [1.165, 1.54) is 0 Å². The van der Waals surface area contributed by atoms with Gasteiger partial charge in [0.15, 0.2) is 0 Å². The van der Waals surface area contributed by atoms with E-state index in [0.29, 0.717) is 134 Å². The number of nitrogens with two attached hydrogens (primary N) is 2. The van der Waals surface area contributed by atoms with Gasteiger partial charge in [0.2, 0.25) is 29.7 Å². The lowest BCUT2D eigenvalue weighted by atomic mass is 9.97. The molecule has 2 aliphatic rings. The van der Waals surface area contributed by atoms with Gasteiger partial charge < -0.3 is 60.7 Å². The van der Waals surface area contributed by atoms with Crippen LogP contribution in [-0.4, -0.2) is 175 Å². The number of carbonyl (C=O) groups excluding carboxylic acids is 2. The molecule has 0 spiro atoms. The molecule has 2 aliphatic heterocycles. The third-order valence-corrected chi connectivity index (χ3v) is 14.6. The maximum absolute atomic E-state index is 14.7. The first-order valence-corrected chi connectivity index (χ1v) is 26.9. The fourth-order valence-corrected chi connectivity index (χ4v) is 9.49. The number of anilines is 3. The van der Waals surface area contributed by atoms with E-state index in [0.717, 1.165) is 35.0 Å². The van der Waals surface area contributed by atoms with E-state index in [-0.39, 0.29) is 54.5 Å². The van der Waals surface area contributed by atoms with Crippen LogP contribution in [0.2, 0.25) is 0 Å². The number of nitrogens with one attached hydrogen (secondary N) is 2. The molecule has 420 valence electrons. The van der Waals surface area contributed by atoms with Crippen LogP contribution < -0.4 is 26.6 Å². The molecule has 6 atom stereocenters. The van der Waals surface area contributed by atoms with Gasteiger partial charge in [-0.1, -0.05) is 87.2 Å². The minimum Gasteiger partial charge on any atom is -0.508 e. The molecule has 8 rings (SSSR count). The average molecular weight is 1090 g/mol. The SMILES string of the molecule is C#CCOCCOCCOCCNc1nc(N2CCN(C(=O)[C@H]([C@@H](C)CC)n3cc([C@@H](N)Cc4ccc(O)cc4)nn3)CC2)nc(N2CCN(C(=O)[C@H](Cc3cc4ccccc4[nH]3)n3cc([C@@H](N)C(C)CC)nn3)CC2)n1.Cl. The normalized spacial score (nSPS) is 16.3. The molecule has 0 saturated carbocycles. The number of aromatic nitrogens is 10. The van der Waals surface area contributed by atoms with Crippen LogP contribution in [0.15, 0.2) is 67.0 Å². The standard InChI is InChI=1S/C54H75N17O6.ClH/c1-6-26-75-28-30-77-31-29-76-27-17-57-52-59-53(68-22-18-66(19-23-68)50(73)47(34-41-33-40-11-9-10-12-44(40)58-41)70-36-46(63-64-70)48(56)37(4)7-2)61-54(60-52)69-24-20-67(21-25-69)51(74)49(38(5)8-3)71-35-45(62-65-71)43(55)32-39-13-15-42(72)16-14-39;/h1,9-16,33,35-38,43,47-49,58,72H,7-8,17-32,34,55-56H2,2-5H3,(H,57,59,60,61);1H/t37?,38-,43-,47-,48-,49-;/m0./s1. The first kappa shape index (κ1) is 58.7. The van der Waals surface area contributed by atoms with Crippen LogP contribution in [0.1, 0.15) is 87.3 Å². The Morgan fingerprint density at radius 3 is 1.97 bits per heavy atom. The summed E-state index contributed by atoms with van der Waals surface area (Å²) in [6.07, 6.45) is 11.4. The highest BCUT2D eigenvalue weighted by molar-refractivity contribution is 5.85. The number of rotatable bonds is 27. The third-order valence-electron chi connectivity index (χ3n) is 14.6. The molecular formula is C54H76ClN17O6. The van der Waals surface area contributed by atoms with Gasteiger partial charge >= 0.3 is 0 Å². The molecule has 78 heavy (non-hydrogen) atoms. The Morgan fingerprint density at radius 1 is 0.744 bits per heavy atom. The molecule has 7 N–H and O–H groups in total. The molecule has 24 heteroatoms. The lowest BCUT2D eigenvalue weighted by Crippen LogP contribution is -2.52. The monoisotopic (exact) mass is 1090 g/mol. The van der Waals surface area contributed by atoms with E-state index in [1.54, 1.807) is 27.7 Å². The molecular weight excluding hydrogens is 1020 g/mol. The summed E-state index contributed by atoms with van der Waals surface area (Å²) in [7, 11) is 0. The number of terminal acetylenes is 1. The smallest absolute Gasteiger partial charge is 0.248 e. The van der Waals surface area contributed by atoms with E-state index in [9.17, 15) is 14.7 Å². The number of phenols is 1. The second-order valence-corrected chi connectivity index (χ2v) is 19.9. The van der Waals surface area contributed by atoms with Gasteiger partial charge in [-0.2, -0.15) is 15.0 Å². The highest BCUT2D eigenvalue weighted by Gasteiger charge is 2.36. The lowest BCUT2D eigenvalue weighted by Gasteiger charge is -2.38. The first-order chi connectivity index (χ1) is 37.4. The van der Waals surface area contributed by atoms with Crippen molar-refractivity contribution < 1.29 is 28.9 Å². The molecule has 6 aromatic rings. The van der Waals surface area contributed by atoms with Crippen molar-refractivity contribution in [1.29, 1.82) is 0 Å². The number of carbonyl (C=O) groups is 2. The molecule has 0 bridgehead atoms. The van der Waals surface area contributed by atoms with Gasteiger partial charge in [-0.3, -0.25) is 9.59 Å². The molecule has 0 radical (unpaired) electrons. The van der Waals surface area contributed by atoms with Crippen molar-refractivity contribution in [3.8, 4) is 18.1 Å². The largest absolute Gasteiger partial charge is 0.508 e. The fraction of sp³-hybridized carbons (Fsp3) is 0.537. The number of piperazine rings is 2. The van der Waals surface area contributed by atoms with Gasteiger partial charge in [-0.25, -0.2) is 9.36 Å². The second-order valence-electron chi connectivity index (χ2n) is 19.9. The molecule has 2 aromatic carbocycles. The summed E-state index contributed by atoms with van der Waals surface area (Å²) in [5, 5.41) is 31.9. The number of halogens is 1. The number of para-hydroxylation sites is 1. The van der Waals surface area contributed by atoms with Crippen molar-refractivity contribution in [3.05, 3.63) is 89.6 Å². The molecule has 2 fully saturated rings. The van der Waals surface area contributed by atoms with Gasteiger partial charge in [0, 0.05) is 76.5 Å². The predicted octanol–water partition coefficient (Wildman–Crippen LogP) is 4.12. The minimum atomic E-state index is -0.665. The molecule has 1 unspecified atom stereocenters. The Bertz CT molecular complexity index is 2830. The van der Waals surface area contributed by atoms with Crippen molar-refractivity contribution >= 4 is 53.0 Å². The van der Waals surface area contributed by atoms with E-state index >= 15 is 0 Å². The Balaban J connectivity index is 0.00000882. The number of H-pyrrole nitrogens is 1. The van der Waals surface area contributed by atoms with Crippen LogP contribution in [0.25, 0.3) is 10.9 Å². The summed E-state index contributed by atoms with van der Waals surface area (Å²) >= 11 is 0. The number of aromatic hydroxyl groups is 1. The van der Waals surface area contributed by atoms with E-state index in [1.807, 2.05) is 59.3 Å². The van der Waals surface area contributed by atoms with Crippen LogP contribution in [0, 0.1) is 24.2 Å². The van der Waals surface area contributed by atoms with Gasteiger partial charge in [0.05, 0.1) is 68.9 Å².